The molecule has 0 aromatic heterocycles. The summed E-state index contributed by atoms with van der Waals surface area (Å²) in [7, 11) is 0. The molecule has 0 radical (unpaired) electrons. The smallest absolute Gasteiger partial charge is 0.125 e. The lowest BCUT2D eigenvalue weighted by Gasteiger charge is -2.16. The Morgan fingerprint density at radius 2 is 1.74 bits per heavy atom. The number of aliphatic hydroxyl groups is 1. The number of hydrogen-bond acceptors (Lipinski definition) is 2. The maximum Gasteiger partial charge on any atom is 0.125 e. The van der Waals surface area contributed by atoms with Crippen LogP contribution in [0.4, 0.5) is 0 Å². The molecular weight excluding hydrogens is 236 g/mol. The maximum atomic E-state index is 10.3. The number of rotatable bonds is 10. The van der Waals surface area contributed by atoms with Gasteiger partial charge in [-0.15, -0.1) is 0 Å². The summed E-state index contributed by atoms with van der Waals surface area (Å²) in [5, 5.41) is 10.3. The molecule has 0 saturated carbocycles. The molecule has 0 aliphatic rings. The maximum absolute atomic E-state index is 10.3. The third-order valence-electron chi connectivity index (χ3n) is 3.32. The summed E-state index contributed by atoms with van der Waals surface area (Å²) < 4.78 is 5.69. The number of aliphatic hydroxyl groups excluding tert-OH is 1. The van der Waals surface area contributed by atoms with Gasteiger partial charge in [0, 0.05) is 5.56 Å². The molecule has 1 aromatic carbocycles. The highest BCUT2D eigenvalue weighted by atomic mass is 16.5. The molecule has 19 heavy (non-hydrogen) atoms. The summed E-state index contributed by atoms with van der Waals surface area (Å²) in [6.07, 6.45) is 7.55. The number of benzene rings is 1. The van der Waals surface area contributed by atoms with E-state index in [1.807, 2.05) is 24.3 Å². The van der Waals surface area contributed by atoms with Crippen LogP contribution in [0.5, 0.6) is 5.75 Å². The predicted molar refractivity (Wildman–Crippen MR) is 80.6 cm³/mol. The third kappa shape index (κ3) is 6.11. The first-order chi connectivity index (χ1) is 9.29. The summed E-state index contributed by atoms with van der Waals surface area (Å²) in [5.74, 6) is 0.838. The van der Waals surface area contributed by atoms with Crippen molar-refractivity contribution < 1.29 is 9.84 Å². The quantitative estimate of drug-likeness (QED) is 0.611. The molecule has 1 N–H and O–H groups in total. The lowest BCUT2D eigenvalue weighted by Crippen LogP contribution is -2.03. The van der Waals surface area contributed by atoms with Crippen LogP contribution in [-0.4, -0.2) is 11.7 Å². The third-order valence-corrected chi connectivity index (χ3v) is 3.32. The van der Waals surface area contributed by atoms with Gasteiger partial charge in [0.05, 0.1) is 12.7 Å². The zero-order valence-electron chi connectivity index (χ0n) is 12.4. The van der Waals surface area contributed by atoms with Crippen molar-refractivity contribution in [3.8, 4) is 5.75 Å². The van der Waals surface area contributed by atoms with E-state index >= 15 is 0 Å². The van der Waals surface area contributed by atoms with Crippen molar-refractivity contribution in [3.63, 3.8) is 0 Å². The Balaban J connectivity index is 2.44. The number of ether oxygens (including phenoxy) is 1. The molecule has 0 aliphatic heterocycles. The largest absolute Gasteiger partial charge is 0.493 e. The molecule has 1 rings (SSSR count). The van der Waals surface area contributed by atoms with Crippen LogP contribution in [0.3, 0.4) is 0 Å². The number of para-hydroxylation sites is 1. The second kappa shape index (κ2) is 9.85. The molecule has 0 heterocycles. The van der Waals surface area contributed by atoms with E-state index in [-0.39, 0.29) is 0 Å². The first-order valence-corrected chi connectivity index (χ1v) is 7.69. The van der Waals surface area contributed by atoms with Gasteiger partial charge in [0.1, 0.15) is 5.75 Å². The summed E-state index contributed by atoms with van der Waals surface area (Å²) >= 11 is 0. The van der Waals surface area contributed by atoms with Gasteiger partial charge < -0.3 is 9.84 Å². The van der Waals surface area contributed by atoms with E-state index in [9.17, 15) is 5.11 Å². The molecule has 108 valence electrons. The lowest BCUT2D eigenvalue weighted by atomic mass is 10.0. The molecule has 1 unspecified atom stereocenters. The number of hydrogen-bond donors (Lipinski definition) is 1. The molecule has 0 bridgehead atoms. The summed E-state index contributed by atoms with van der Waals surface area (Å²) in [6, 6.07) is 7.85. The summed E-state index contributed by atoms with van der Waals surface area (Å²) in [4.78, 5) is 0. The zero-order chi connectivity index (χ0) is 13.9. The van der Waals surface area contributed by atoms with Crippen LogP contribution in [0, 0.1) is 0 Å². The van der Waals surface area contributed by atoms with Gasteiger partial charge in [0.25, 0.3) is 0 Å². The second-order valence-corrected chi connectivity index (χ2v) is 5.10. The zero-order valence-corrected chi connectivity index (χ0v) is 12.4. The van der Waals surface area contributed by atoms with Crippen molar-refractivity contribution in [3.05, 3.63) is 29.8 Å². The Hall–Kier alpha value is -1.02. The molecule has 0 fully saturated rings. The van der Waals surface area contributed by atoms with E-state index in [1.54, 1.807) is 0 Å². The molecule has 0 spiro atoms. The number of unbranched alkanes of at least 4 members (excludes halogenated alkanes) is 4. The summed E-state index contributed by atoms with van der Waals surface area (Å²) in [6.45, 7) is 5.02. The SMILES string of the molecule is CCCCCCCC(O)c1ccccc1OCCC. The van der Waals surface area contributed by atoms with E-state index in [2.05, 4.69) is 13.8 Å². The van der Waals surface area contributed by atoms with E-state index < -0.39 is 6.10 Å². The lowest BCUT2D eigenvalue weighted by molar-refractivity contribution is 0.157. The topological polar surface area (TPSA) is 29.5 Å². The fourth-order valence-corrected chi connectivity index (χ4v) is 2.20. The van der Waals surface area contributed by atoms with Gasteiger partial charge in [-0.05, 0) is 18.9 Å². The highest BCUT2D eigenvalue weighted by Crippen LogP contribution is 2.28. The van der Waals surface area contributed by atoms with Crippen LogP contribution < -0.4 is 4.74 Å². The molecule has 2 heteroatoms. The van der Waals surface area contributed by atoms with Crippen molar-refractivity contribution in [2.45, 2.75) is 64.9 Å². The van der Waals surface area contributed by atoms with Crippen LogP contribution in [0.1, 0.15) is 70.5 Å². The van der Waals surface area contributed by atoms with Crippen molar-refractivity contribution in [2.75, 3.05) is 6.61 Å². The summed E-state index contributed by atoms with van der Waals surface area (Å²) in [5.41, 5.74) is 0.937. The van der Waals surface area contributed by atoms with Crippen LogP contribution in [0.2, 0.25) is 0 Å². The Morgan fingerprint density at radius 1 is 1.00 bits per heavy atom. The van der Waals surface area contributed by atoms with Crippen molar-refractivity contribution in [1.29, 1.82) is 0 Å². The molecular formula is C17H28O2. The first-order valence-electron chi connectivity index (χ1n) is 7.69. The van der Waals surface area contributed by atoms with Gasteiger partial charge in [0.2, 0.25) is 0 Å². The molecule has 1 aromatic rings. The van der Waals surface area contributed by atoms with E-state index in [0.29, 0.717) is 6.61 Å². The molecule has 0 saturated heterocycles. The van der Waals surface area contributed by atoms with Crippen LogP contribution >= 0.6 is 0 Å². The van der Waals surface area contributed by atoms with Crippen LogP contribution in [-0.2, 0) is 0 Å². The standard InChI is InChI=1S/C17H28O2/c1-3-5-6-7-8-12-16(18)15-11-9-10-13-17(15)19-14-4-2/h9-11,13,16,18H,3-8,12,14H2,1-2H3. The van der Waals surface area contributed by atoms with Crippen LogP contribution in [0.15, 0.2) is 24.3 Å². The Morgan fingerprint density at radius 3 is 2.47 bits per heavy atom. The molecule has 2 nitrogen and oxygen atoms in total. The molecule has 0 aliphatic carbocycles. The first kappa shape index (κ1) is 16.0. The fourth-order valence-electron chi connectivity index (χ4n) is 2.20. The van der Waals surface area contributed by atoms with Gasteiger partial charge in [-0.25, -0.2) is 0 Å². The average molecular weight is 264 g/mol. The predicted octanol–water partition coefficient (Wildman–Crippen LogP) is 4.87. The minimum atomic E-state index is -0.394. The van der Waals surface area contributed by atoms with Gasteiger partial charge in [0.15, 0.2) is 0 Å². The fraction of sp³-hybridized carbons (Fsp3) is 0.647. The second-order valence-electron chi connectivity index (χ2n) is 5.10. The average Bonchev–Trinajstić information content (AvgIpc) is 2.45. The van der Waals surface area contributed by atoms with Gasteiger partial charge in [-0.2, -0.15) is 0 Å². The Kier molecular flexibility index (Phi) is 8.31. The molecule has 0 amide bonds. The van der Waals surface area contributed by atoms with Crippen molar-refractivity contribution in [2.24, 2.45) is 0 Å². The van der Waals surface area contributed by atoms with E-state index in [0.717, 1.165) is 30.6 Å². The van der Waals surface area contributed by atoms with E-state index in [1.165, 1.54) is 25.7 Å². The van der Waals surface area contributed by atoms with Gasteiger partial charge in [-0.3, -0.25) is 0 Å². The monoisotopic (exact) mass is 264 g/mol. The minimum absolute atomic E-state index is 0.394. The molecule has 1 atom stereocenters. The van der Waals surface area contributed by atoms with E-state index in [4.69, 9.17) is 4.74 Å². The normalized spacial score (nSPS) is 12.4. The highest BCUT2D eigenvalue weighted by molar-refractivity contribution is 5.35. The van der Waals surface area contributed by atoms with Gasteiger partial charge in [-0.1, -0.05) is 64.2 Å². The van der Waals surface area contributed by atoms with Crippen molar-refractivity contribution in [1.82, 2.24) is 0 Å². The highest BCUT2D eigenvalue weighted by Gasteiger charge is 2.12. The Labute approximate surface area is 117 Å². The van der Waals surface area contributed by atoms with Crippen molar-refractivity contribution >= 4 is 0 Å². The van der Waals surface area contributed by atoms with Crippen LogP contribution in [0.25, 0.3) is 0 Å². The minimum Gasteiger partial charge on any atom is -0.493 e. The Bertz CT molecular complexity index is 336. The van der Waals surface area contributed by atoms with Gasteiger partial charge >= 0.3 is 0 Å².